The second-order valence-electron chi connectivity index (χ2n) is 7.89. The van der Waals surface area contributed by atoms with Crippen LogP contribution in [-0.2, 0) is 29.1 Å². The molecule has 0 radical (unpaired) electrons. The molecule has 4 rings (SSSR count). The number of ether oxygens (including phenoxy) is 4. The van der Waals surface area contributed by atoms with Crippen LogP contribution in [0, 0.1) is 13.1 Å². The molecule has 0 aromatic heterocycles. The highest BCUT2D eigenvalue weighted by molar-refractivity contribution is 14.1. The summed E-state index contributed by atoms with van der Waals surface area (Å²) in [5.41, 5.74) is 0.233. The van der Waals surface area contributed by atoms with Crippen molar-refractivity contribution >= 4 is 67.2 Å². The molecular weight excluding hydrogens is 722 g/mol. The van der Waals surface area contributed by atoms with Crippen LogP contribution in [0.1, 0.15) is 29.6 Å². The van der Waals surface area contributed by atoms with Gasteiger partial charge in [-0.05, 0) is 63.7 Å². The van der Waals surface area contributed by atoms with Gasteiger partial charge in [-0.1, -0.05) is 0 Å². The average Bonchev–Trinajstić information content (AvgIpc) is 3.26. The summed E-state index contributed by atoms with van der Waals surface area (Å²) in [6.45, 7) is -1.23. The molecule has 0 saturated carbocycles. The summed E-state index contributed by atoms with van der Waals surface area (Å²) in [4.78, 5) is 24.9. The molecule has 1 aromatic rings. The summed E-state index contributed by atoms with van der Waals surface area (Å²) < 4.78 is 106. The number of rotatable bonds is 6. The van der Waals surface area contributed by atoms with Gasteiger partial charge in [0.2, 0.25) is 0 Å². The second kappa shape index (κ2) is 8.55. The molecule has 1 N–H and O–H groups in total. The molecule has 3 heterocycles. The van der Waals surface area contributed by atoms with E-state index in [0.717, 1.165) is 7.14 Å². The van der Waals surface area contributed by atoms with Gasteiger partial charge in [-0.2, -0.15) is 26.0 Å². The lowest BCUT2D eigenvalue weighted by molar-refractivity contribution is -0.187. The average molecular weight is 736 g/mol. The number of alkyl halides is 4. The molecule has 34 heavy (non-hydrogen) atoms. The Kier molecular flexibility index (Phi) is 6.56. The number of hydrogen-bond donors (Lipinski definition) is 1. The molecule has 3 aliphatic heterocycles. The van der Waals surface area contributed by atoms with Gasteiger partial charge in [-0.15, -0.1) is 0 Å². The van der Waals surface area contributed by atoms with Crippen LogP contribution in [0.4, 0.5) is 17.6 Å². The van der Waals surface area contributed by atoms with Crippen molar-refractivity contribution in [1.29, 1.82) is 0 Å². The smallest absolute Gasteiger partial charge is 0.431 e. The number of fused-ring (bicyclic) bond motifs is 4. The van der Waals surface area contributed by atoms with E-state index < -0.39 is 70.2 Å². The zero-order valence-electron chi connectivity index (χ0n) is 16.6. The normalized spacial score (nSPS) is 28.4. The monoisotopic (exact) mass is 736 g/mol. The van der Waals surface area contributed by atoms with Crippen LogP contribution in [0.25, 0.3) is 0 Å². The minimum Gasteiger partial charge on any atom is -0.465 e. The molecule has 2 bridgehead atoms. The van der Waals surface area contributed by atoms with E-state index in [-0.39, 0.29) is 18.4 Å². The number of halogens is 6. The van der Waals surface area contributed by atoms with Crippen molar-refractivity contribution in [2.24, 2.45) is 5.92 Å². The molecule has 4 atom stereocenters. The fourth-order valence-electron chi connectivity index (χ4n) is 4.00. The highest BCUT2D eigenvalue weighted by Crippen LogP contribution is 2.51. The Balaban J connectivity index is 1.38. The van der Waals surface area contributed by atoms with Gasteiger partial charge >= 0.3 is 33.2 Å². The fourth-order valence-corrected chi connectivity index (χ4v) is 5.39. The van der Waals surface area contributed by atoms with Crippen LogP contribution in [0.15, 0.2) is 12.1 Å². The van der Waals surface area contributed by atoms with Crippen molar-refractivity contribution < 1.29 is 59.1 Å². The molecule has 1 aromatic carbocycles. The molecule has 4 unspecified atom stereocenters. The Morgan fingerprint density at radius 2 is 1.85 bits per heavy atom. The van der Waals surface area contributed by atoms with E-state index in [2.05, 4.69) is 49.9 Å². The van der Waals surface area contributed by atoms with Gasteiger partial charge < -0.3 is 18.9 Å². The number of carbonyl (C=O) groups is 2. The third-order valence-electron chi connectivity index (χ3n) is 5.74. The van der Waals surface area contributed by atoms with Gasteiger partial charge in [0, 0.05) is 7.14 Å². The largest absolute Gasteiger partial charge is 0.465 e. The molecule has 188 valence electrons. The van der Waals surface area contributed by atoms with Crippen LogP contribution in [0.2, 0.25) is 0 Å². The summed E-state index contributed by atoms with van der Waals surface area (Å²) in [5, 5.41) is -5.75. The zero-order valence-corrected chi connectivity index (χ0v) is 21.7. The first-order valence-electron chi connectivity index (χ1n) is 9.54. The van der Waals surface area contributed by atoms with Gasteiger partial charge in [0.25, 0.3) is 5.79 Å². The van der Waals surface area contributed by atoms with E-state index >= 15 is 0 Å². The van der Waals surface area contributed by atoms with E-state index in [9.17, 15) is 35.6 Å². The van der Waals surface area contributed by atoms with Crippen molar-refractivity contribution in [2.45, 2.75) is 48.4 Å². The van der Waals surface area contributed by atoms with Gasteiger partial charge in [0.15, 0.2) is 0 Å². The van der Waals surface area contributed by atoms with E-state index in [1.54, 1.807) is 12.1 Å². The summed E-state index contributed by atoms with van der Waals surface area (Å²) in [5.74, 6) is -8.99. The Hall–Kier alpha value is -0.990. The maximum atomic E-state index is 13.6. The SMILES string of the molecule is O=C1OC2(CC3OC2CC3C(=O)OCCC(F)(F)C(F)(F)S(=O)(=O)O)Oc2cc(I)c(I)cc21. The molecule has 0 amide bonds. The number of carbonyl (C=O) groups excluding carboxylic acids is 2. The minimum atomic E-state index is -6.38. The molecule has 2 saturated heterocycles. The second-order valence-corrected chi connectivity index (χ2v) is 11.7. The Morgan fingerprint density at radius 3 is 2.44 bits per heavy atom. The number of benzene rings is 1. The summed E-state index contributed by atoms with van der Waals surface area (Å²) in [6.07, 6.45) is -3.66. The molecule has 16 heteroatoms. The molecule has 2 fully saturated rings. The topological polar surface area (TPSA) is 125 Å². The van der Waals surface area contributed by atoms with Crippen LogP contribution in [0.5, 0.6) is 5.75 Å². The van der Waals surface area contributed by atoms with E-state index in [0.29, 0.717) is 5.75 Å². The third-order valence-corrected chi connectivity index (χ3v) is 9.50. The Bertz CT molecular complexity index is 1160. The molecule has 0 aliphatic carbocycles. The third kappa shape index (κ3) is 4.26. The van der Waals surface area contributed by atoms with Crippen molar-refractivity contribution in [3.8, 4) is 5.75 Å². The summed E-state index contributed by atoms with van der Waals surface area (Å²) >= 11 is 4.13. The Morgan fingerprint density at radius 1 is 1.21 bits per heavy atom. The van der Waals surface area contributed by atoms with E-state index in [1.165, 1.54) is 0 Å². The fraction of sp³-hybridized carbons (Fsp3) is 0.556. The quantitative estimate of drug-likeness (QED) is 0.203. The zero-order chi connectivity index (χ0) is 25.3. The number of esters is 2. The lowest BCUT2D eigenvalue weighted by atomic mass is 9.84. The first-order chi connectivity index (χ1) is 15.6. The molecule has 9 nitrogen and oxygen atoms in total. The van der Waals surface area contributed by atoms with Crippen LogP contribution in [-0.4, -0.2) is 60.7 Å². The predicted molar refractivity (Wildman–Crippen MR) is 119 cm³/mol. The molecular formula is C18H14F4I2O9S. The lowest BCUT2D eigenvalue weighted by Crippen LogP contribution is -2.53. The minimum absolute atomic E-state index is 0.0505. The van der Waals surface area contributed by atoms with Gasteiger partial charge in [0.1, 0.15) is 17.4 Å². The van der Waals surface area contributed by atoms with Crippen molar-refractivity contribution in [2.75, 3.05) is 6.61 Å². The molecule has 1 spiro atoms. The Labute approximate surface area is 216 Å². The highest BCUT2D eigenvalue weighted by Gasteiger charge is 2.66. The first kappa shape index (κ1) is 26.1. The molecule has 3 aliphatic rings. The van der Waals surface area contributed by atoms with Crippen LogP contribution >= 0.6 is 45.2 Å². The van der Waals surface area contributed by atoms with Crippen LogP contribution < -0.4 is 4.74 Å². The van der Waals surface area contributed by atoms with Crippen LogP contribution in [0.3, 0.4) is 0 Å². The van der Waals surface area contributed by atoms with E-state index in [4.69, 9.17) is 18.8 Å². The van der Waals surface area contributed by atoms with Gasteiger partial charge in [-0.3, -0.25) is 9.35 Å². The maximum absolute atomic E-state index is 13.6. The van der Waals surface area contributed by atoms with Gasteiger partial charge in [-0.25, -0.2) is 4.79 Å². The number of hydrogen-bond acceptors (Lipinski definition) is 8. The van der Waals surface area contributed by atoms with E-state index in [1.807, 2.05) is 0 Å². The summed E-state index contributed by atoms with van der Waals surface area (Å²) in [6, 6.07) is 3.28. The maximum Gasteiger partial charge on any atom is 0.431 e. The first-order valence-corrected chi connectivity index (χ1v) is 13.1. The van der Waals surface area contributed by atoms with Crippen molar-refractivity contribution in [1.82, 2.24) is 0 Å². The van der Waals surface area contributed by atoms with Crippen molar-refractivity contribution in [3.05, 3.63) is 24.8 Å². The standard InChI is InChI=1S/C18H14F4I2O9S/c19-17(20,18(21,22)34(27,28)29)1-2-30-14(25)8-4-13-16(6-12(8)31-13)32-11-5-10(24)9(23)3-7(11)15(26)33-16/h3,5,8,12-13H,1-2,4,6H2,(H,27,28,29). The lowest BCUT2D eigenvalue weighted by Gasteiger charge is -2.39. The highest BCUT2D eigenvalue weighted by atomic mass is 127. The van der Waals surface area contributed by atoms with Crippen molar-refractivity contribution in [3.63, 3.8) is 0 Å². The van der Waals surface area contributed by atoms with Gasteiger partial charge in [0.05, 0.1) is 31.5 Å². The predicted octanol–water partition coefficient (Wildman–Crippen LogP) is 3.37. The summed E-state index contributed by atoms with van der Waals surface area (Å²) in [7, 11) is -6.38.